The number of piperidine rings is 2. The molecule has 2 rings (SSSR count). The fraction of sp³-hybridized carbons (Fsp3) is 1.00. The first-order valence-corrected chi connectivity index (χ1v) is 7.33. The fourth-order valence-electron chi connectivity index (χ4n) is 3.70. The number of ether oxygens (including phenoxy) is 1. The minimum absolute atomic E-state index is 0.241. The number of nitrogens with two attached hydrogens (primary N) is 1. The molecule has 1 unspecified atom stereocenters. The van der Waals surface area contributed by atoms with E-state index in [1.54, 1.807) is 0 Å². The maximum absolute atomic E-state index is 6.13. The van der Waals surface area contributed by atoms with Gasteiger partial charge in [-0.3, -0.25) is 4.90 Å². The molecule has 2 N–H and O–H groups in total. The van der Waals surface area contributed by atoms with E-state index in [1.807, 2.05) is 7.11 Å². The summed E-state index contributed by atoms with van der Waals surface area (Å²) in [4.78, 5) is 5.10. The lowest BCUT2D eigenvalue weighted by Gasteiger charge is -2.50. The Morgan fingerprint density at radius 2 is 2.00 bits per heavy atom. The maximum atomic E-state index is 6.13. The zero-order valence-electron chi connectivity index (χ0n) is 12.0. The first kappa shape index (κ1) is 14.3. The number of nitrogens with zero attached hydrogens (tertiary/aromatic N) is 2. The summed E-state index contributed by atoms with van der Waals surface area (Å²) in [6, 6.07) is 0. The average Bonchev–Trinajstić information content (AvgIpc) is 2.40. The summed E-state index contributed by atoms with van der Waals surface area (Å²) in [6.45, 7) is 6.47. The molecule has 0 radical (unpaired) electrons. The quantitative estimate of drug-likeness (QED) is 0.805. The normalized spacial score (nSPS) is 32.8. The Bertz CT molecular complexity index is 253. The summed E-state index contributed by atoms with van der Waals surface area (Å²) >= 11 is 0. The zero-order valence-corrected chi connectivity index (χ0v) is 12.0. The Kier molecular flexibility index (Phi) is 5.01. The van der Waals surface area contributed by atoms with Gasteiger partial charge in [0.1, 0.15) is 0 Å². The van der Waals surface area contributed by atoms with E-state index in [0.29, 0.717) is 0 Å². The van der Waals surface area contributed by atoms with Gasteiger partial charge >= 0.3 is 0 Å². The van der Waals surface area contributed by atoms with Crippen molar-refractivity contribution in [2.24, 2.45) is 11.7 Å². The Morgan fingerprint density at radius 3 is 2.56 bits per heavy atom. The molecule has 106 valence electrons. The molecular weight excluding hydrogens is 226 g/mol. The molecule has 1 atom stereocenters. The van der Waals surface area contributed by atoms with Gasteiger partial charge in [-0.25, -0.2) is 0 Å². The van der Waals surface area contributed by atoms with Crippen LogP contribution in [0, 0.1) is 5.92 Å². The number of hydrogen-bond donors (Lipinski definition) is 1. The number of likely N-dealkylation sites (N-methyl/N-ethyl adjacent to an activating group) is 1. The van der Waals surface area contributed by atoms with Gasteiger partial charge in [-0.15, -0.1) is 0 Å². The molecular formula is C14H29N3O. The molecule has 0 saturated carbocycles. The van der Waals surface area contributed by atoms with Crippen LogP contribution >= 0.6 is 0 Å². The van der Waals surface area contributed by atoms with Gasteiger partial charge in [-0.05, 0) is 58.3 Å². The third-order valence-corrected chi connectivity index (χ3v) is 4.81. The van der Waals surface area contributed by atoms with Crippen LogP contribution in [0.25, 0.3) is 0 Å². The predicted molar refractivity (Wildman–Crippen MR) is 74.7 cm³/mol. The summed E-state index contributed by atoms with van der Waals surface area (Å²) < 4.78 is 5.28. The molecule has 2 aliphatic heterocycles. The number of methoxy groups -OCH3 is 1. The van der Waals surface area contributed by atoms with E-state index >= 15 is 0 Å². The van der Waals surface area contributed by atoms with Crippen molar-refractivity contribution in [3.8, 4) is 0 Å². The van der Waals surface area contributed by atoms with Crippen LogP contribution in [0.4, 0.5) is 0 Å². The van der Waals surface area contributed by atoms with Crippen molar-refractivity contribution in [2.45, 2.75) is 31.2 Å². The second kappa shape index (κ2) is 6.33. The van der Waals surface area contributed by atoms with E-state index in [4.69, 9.17) is 10.5 Å². The molecule has 0 aromatic heterocycles. The smallest absolute Gasteiger partial charge is 0.0491 e. The van der Waals surface area contributed by atoms with Crippen molar-refractivity contribution in [1.29, 1.82) is 0 Å². The van der Waals surface area contributed by atoms with Crippen molar-refractivity contribution in [1.82, 2.24) is 9.80 Å². The van der Waals surface area contributed by atoms with Crippen LogP contribution in [0.2, 0.25) is 0 Å². The highest BCUT2D eigenvalue weighted by molar-refractivity contribution is 4.98. The third-order valence-electron chi connectivity index (χ3n) is 4.81. The van der Waals surface area contributed by atoms with Gasteiger partial charge < -0.3 is 15.4 Å². The lowest BCUT2D eigenvalue weighted by atomic mass is 9.84. The highest BCUT2D eigenvalue weighted by Gasteiger charge is 2.39. The van der Waals surface area contributed by atoms with Gasteiger partial charge in [0.25, 0.3) is 0 Å². The van der Waals surface area contributed by atoms with Gasteiger partial charge in [0.2, 0.25) is 0 Å². The van der Waals surface area contributed by atoms with E-state index < -0.39 is 0 Å². The summed E-state index contributed by atoms with van der Waals surface area (Å²) in [5.74, 6) is 0.752. The minimum Gasteiger partial charge on any atom is -0.384 e. The van der Waals surface area contributed by atoms with Crippen molar-refractivity contribution < 1.29 is 4.74 Å². The SMILES string of the molecule is COCC1CCN(C2(CN)CCCN(C)C2)CC1. The van der Waals surface area contributed by atoms with Crippen LogP contribution in [-0.4, -0.2) is 68.8 Å². The topological polar surface area (TPSA) is 41.7 Å². The van der Waals surface area contributed by atoms with Crippen LogP contribution in [-0.2, 0) is 4.74 Å². The largest absolute Gasteiger partial charge is 0.384 e. The summed E-state index contributed by atoms with van der Waals surface area (Å²) in [5, 5.41) is 0. The van der Waals surface area contributed by atoms with Crippen molar-refractivity contribution in [3.05, 3.63) is 0 Å². The fourth-order valence-corrected chi connectivity index (χ4v) is 3.70. The molecule has 4 nitrogen and oxygen atoms in total. The molecule has 0 bridgehead atoms. The zero-order chi connectivity index (χ0) is 13.0. The summed E-state index contributed by atoms with van der Waals surface area (Å²) in [6.07, 6.45) is 5.08. The molecule has 0 spiro atoms. The van der Waals surface area contributed by atoms with E-state index in [2.05, 4.69) is 16.8 Å². The highest BCUT2D eigenvalue weighted by Crippen LogP contribution is 2.30. The number of likely N-dealkylation sites (tertiary alicyclic amines) is 2. The lowest BCUT2D eigenvalue weighted by molar-refractivity contribution is -0.00629. The second-order valence-electron chi connectivity index (χ2n) is 6.16. The van der Waals surface area contributed by atoms with E-state index in [1.165, 1.54) is 45.3 Å². The van der Waals surface area contributed by atoms with E-state index in [-0.39, 0.29) is 5.54 Å². The molecule has 0 aliphatic carbocycles. The Morgan fingerprint density at radius 1 is 1.28 bits per heavy atom. The number of hydrogen-bond acceptors (Lipinski definition) is 4. The van der Waals surface area contributed by atoms with Crippen LogP contribution in [0.15, 0.2) is 0 Å². The molecule has 2 saturated heterocycles. The standard InChI is InChI=1S/C14H29N3O/c1-16-7-3-6-14(11-15,12-16)17-8-4-13(5-9-17)10-18-2/h13H,3-12,15H2,1-2H3. The Labute approximate surface area is 111 Å². The molecule has 2 heterocycles. The van der Waals surface area contributed by atoms with Crippen molar-refractivity contribution in [3.63, 3.8) is 0 Å². The molecule has 0 amide bonds. The number of rotatable bonds is 4. The third kappa shape index (κ3) is 3.05. The second-order valence-corrected chi connectivity index (χ2v) is 6.16. The van der Waals surface area contributed by atoms with Crippen molar-refractivity contribution >= 4 is 0 Å². The van der Waals surface area contributed by atoms with E-state index in [0.717, 1.165) is 25.6 Å². The molecule has 2 aliphatic rings. The van der Waals surface area contributed by atoms with Crippen LogP contribution in [0.5, 0.6) is 0 Å². The lowest BCUT2D eigenvalue weighted by Crippen LogP contribution is -2.63. The molecule has 0 aromatic rings. The maximum Gasteiger partial charge on any atom is 0.0491 e. The Hall–Kier alpha value is -0.160. The van der Waals surface area contributed by atoms with E-state index in [9.17, 15) is 0 Å². The van der Waals surface area contributed by atoms with Crippen LogP contribution in [0.3, 0.4) is 0 Å². The van der Waals surface area contributed by atoms with Gasteiger partial charge in [-0.1, -0.05) is 0 Å². The molecule has 0 aromatic carbocycles. The predicted octanol–water partition coefficient (Wildman–Crippen LogP) is 0.768. The monoisotopic (exact) mass is 255 g/mol. The molecule has 4 heteroatoms. The summed E-state index contributed by atoms with van der Waals surface area (Å²) in [7, 11) is 4.03. The first-order valence-electron chi connectivity index (χ1n) is 7.33. The minimum atomic E-state index is 0.241. The van der Waals surface area contributed by atoms with Crippen molar-refractivity contribution in [2.75, 3.05) is 53.5 Å². The Balaban J connectivity index is 1.93. The van der Waals surface area contributed by atoms with Crippen LogP contribution < -0.4 is 5.73 Å². The highest BCUT2D eigenvalue weighted by atomic mass is 16.5. The van der Waals surface area contributed by atoms with Gasteiger partial charge in [0.15, 0.2) is 0 Å². The van der Waals surface area contributed by atoms with Gasteiger partial charge in [0, 0.05) is 32.3 Å². The van der Waals surface area contributed by atoms with Gasteiger partial charge in [-0.2, -0.15) is 0 Å². The van der Waals surface area contributed by atoms with Crippen LogP contribution in [0.1, 0.15) is 25.7 Å². The molecule has 18 heavy (non-hydrogen) atoms. The molecule has 2 fully saturated rings. The van der Waals surface area contributed by atoms with Gasteiger partial charge in [0.05, 0.1) is 0 Å². The first-order chi connectivity index (χ1) is 8.70. The summed E-state index contributed by atoms with van der Waals surface area (Å²) in [5.41, 5.74) is 6.37. The average molecular weight is 255 g/mol.